The molecule has 0 heterocycles. The van der Waals surface area contributed by atoms with Crippen LogP contribution < -0.4 is 0 Å². The van der Waals surface area contributed by atoms with Crippen LogP contribution in [0.5, 0.6) is 0 Å². The van der Waals surface area contributed by atoms with E-state index in [4.69, 9.17) is 9.16 Å². The predicted octanol–water partition coefficient (Wildman–Crippen LogP) is 4.11. The molecular weight excluding hydrogens is 264 g/mol. The molecule has 112 valence electrons. The van der Waals surface area contributed by atoms with Gasteiger partial charge in [0.1, 0.15) is 0 Å². The van der Waals surface area contributed by atoms with E-state index >= 15 is 0 Å². The highest BCUT2D eigenvalue weighted by atomic mass is 28.2. The van der Waals surface area contributed by atoms with E-state index in [0.29, 0.717) is 11.6 Å². The fourth-order valence-corrected chi connectivity index (χ4v) is 3.96. The van der Waals surface area contributed by atoms with E-state index in [9.17, 15) is 0 Å². The second-order valence-corrected chi connectivity index (χ2v) is 6.93. The summed E-state index contributed by atoms with van der Waals surface area (Å²) in [5.74, 6) is 0. The maximum Gasteiger partial charge on any atom is 0.168 e. The average molecular weight is 292 g/mol. The number of hydrogen-bond donors (Lipinski definition) is 0. The van der Waals surface area contributed by atoms with Gasteiger partial charge in [-0.1, -0.05) is 51.1 Å². The first kappa shape index (κ1) is 17.1. The van der Waals surface area contributed by atoms with Crippen LogP contribution in [0.4, 0.5) is 0 Å². The Kier molecular flexibility index (Phi) is 7.81. The van der Waals surface area contributed by atoms with Gasteiger partial charge >= 0.3 is 0 Å². The molecule has 0 N–H and O–H groups in total. The van der Waals surface area contributed by atoms with E-state index in [0.717, 1.165) is 18.4 Å². The second-order valence-electron chi connectivity index (χ2n) is 5.21. The number of methoxy groups -OCH3 is 1. The Morgan fingerprint density at radius 3 is 2.60 bits per heavy atom. The van der Waals surface area contributed by atoms with Crippen LogP contribution in [0.15, 0.2) is 30.8 Å². The molecule has 0 amide bonds. The van der Waals surface area contributed by atoms with Crippen LogP contribution in [0.25, 0.3) is 6.08 Å². The third-order valence-corrected chi connectivity index (χ3v) is 6.22. The highest BCUT2D eigenvalue weighted by molar-refractivity contribution is 6.29. The molecule has 2 nitrogen and oxygen atoms in total. The molecule has 3 heteroatoms. The molecular formula is C17H28O2Si. The molecule has 0 radical (unpaired) electrons. The lowest BCUT2D eigenvalue weighted by Gasteiger charge is -2.24. The molecule has 1 rings (SSSR count). The van der Waals surface area contributed by atoms with Crippen LogP contribution in [-0.2, 0) is 9.16 Å². The third kappa shape index (κ3) is 4.89. The van der Waals surface area contributed by atoms with Gasteiger partial charge in [-0.15, -0.1) is 0 Å². The van der Waals surface area contributed by atoms with E-state index in [2.05, 4.69) is 51.6 Å². The highest BCUT2D eigenvalue weighted by Crippen LogP contribution is 2.25. The topological polar surface area (TPSA) is 18.5 Å². The molecule has 0 spiro atoms. The summed E-state index contributed by atoms with van der Waals surface area (Å²) in [5.41, 5.74) is 3.00. The van der Waals surface area contributed by atoms with Gasteiger partial charge in [0.25, 0.3) is 0 Å². The Hall–Kier alpha value is -0.903. The summed E-state index contributed by atoms with van der Waals surface area (Å²) < 4.78 is 11.7. The summed E-state index contributed by atoms with van der Waals surface area (Å²) >= 11 is 0. The Labute approximate surface area is 126 Å². The SMILES string of the molecule is C=Cc1cccc(C(CC)O[SiH2]C(CC)C(C)OC)c1. The van der Waals surface area contributed by atoms with Gasteiger partial charge in [0.15, 0.2) is 9.76 Å². The van der Waals surface area contributed by atoms with Crippen LogP contribution in [0.1, 0.15) is 50.8 Å². The Morgan fingerprint density at radius 2 is 2.05 bits per heavy atom. The molecule has 20 heavy (non-hydrogen) atoms. The molecule has 0 aromatic heterocycles. The lowest BCUT2D eigenvalue weighted by Crippen LogP contribution is -2.22. The van der Waals surface area contributed by atoms with E-state index in [1.807, 2.05) is 6.08 Å². The average Bonchev–Trinajstić information content (AvgIpc) is 2.51. The summed E-state index contributed by atoms with van der Waals surface area (Å²) in [4.78, 5) is 0. The van der Waals surface area contributed by atoms with Crippen molar-refractivity contribution in [1.29, 1.82) is 0 Å². The lowest BCUT2D eigenvalue weighted by molar-refractivity contribution is 0.101. The highest BCUT2D eigenvalue weighted by Gasteiger charge is 2.19. The minimum absolute atomic E-state index is 0.208. The molecule has 1 aromatic rings. The zero-order valence-corrected chi connectivity index (χ0v) is 14.7. The predicted molar refractivity (Wildman–Crippen MR) is 89.7 cm³/mol. The van der Waals surface area contributed by atoms with Crippen molar-refractivity contribution >= 4 is 15.8 Å². The van der Waals surface area contributed by atoms with Crippen LogP contribution in [0, 0.1) is 0 Å². The summed E-state index contributed by atoms with van der Waals surface area (Å²) in [5, 5.41) is 0. The van der Waals surface area contributed by atoms with E-state index in [1.54, 1.807) is 7.11 Å². The van der Waals surface area contributed by atoms with Gasteiger partial charge < -0.3 is 9.16 Å². The van der Waals surface area contributed by atoms with Gasteiger partial charge in [0.2, 0.25) is 0 Å². The van der Waals surface area contributed by atoms with Gasteiger partial charge in [-0.2, -0.15) is 0 Å². The zero-order valence-electron chi connectivity index (χ0n) is 13.3. The Morgan fingerprint density at radius 1 is 1.30 bits per heavy atom. The molecule has 0 aliphatic heterocycles. The maximum absolute atomic E-state index is 6.28. The molecule has 0 aliphatic carbocycles. The molecule has 3 unspecified atom stereocenters. The third-order valence-electron chi connectivity index (χ3n) is 3.96. The van der Waals surface area contributed by atoms with E-state index in [1.165, 1.54) is 5.56 Å². The van der Waals surface area contributed by atoms with Gasteiger partial charge in [0.05, 0.1) is 12.2 Å². The van der Waals surface area contributed by atoms with Crippen molar-refractivity contribution in [2.24, 2.45) is 0 Å². The zero-order chi connectivity index (χ0) is 15.0. The fourth-order valence-electron chi connectivity index (χ4n) is 2.35. The van der Waals surface area contributed by atoms with E-state index < -0.39 is 9.76 Å². The van der Waals surface area contributed by atoms with Crippen molar-refractivity contribution in [2.45, 2.75) is 51.4 Å². The second kappa shape index (κ2) is 9.11. The first-order valence-electron chi connectivity index (χ1n) is 7.52. The summed E-state index contributed by atoms with van der Waals surface area (Å²) in [7, 11) is 1.18. The molecule has 3 atom stereocenters. The minimum atomic E-state index is -0.605. The standard InChI is InChI=1S/C17H28O2Si/c1-6-14-10-9-11-15(12-14)16(7-2)19-20-17(8-3)13(4)18-5/h6,9-13,16-17H,1,7-8,20H2,2-5H3. The largest absolute Gasteiger partial charge is 0.417 e. The number of ether oxygens (including phenoxy) is 1. The summed E-state index contributed by atoms with van der Waals surface area (Å²) in [6.07, 6.45) is 4.52. The van der Waals surface area contributed by atoms with Crippen LogP contribution in [-0.4, -0.2) is 23.0 Å². The van der Waals surface area contributed by atoms with Crippen molar-refractivity contribution in [1.82, 2.24) is 0 Å². The number of rotatable bonds is 9. The quantitative estimate of drug-likeness (QED) is 0.638. The van der Waals surface area contributed by atoms with Crippen molar-refractivity contribution < 1.29 is 9.16 Å². The summed E-state index contributed by atoms with van der Waals surface area (Å²) in [6, 6.07) is 8.48. The lowest BCUT2D eigenvalue weighted by atomic mass is 10.0. The first-order valence-corrected chi connectivity index (χ1v) is 8.92. The Balaban J connectivity index is 2.68. The van der Waals surface area contributed by atoms with Crippen LogP contribution in [0.2, 0.25) is 5.54 Å². The molecule has 0 aliphatic rings. The first-order chi connectivity index (χ1) is 9.65. The van der Waals surface area contributed by atoms with Crippen molar-refractivity contribution in [3.05, 3.63) is 42.0 Å². The minimum Gasteiger partial charge on any atom is -0.417 e. The molecule has 1 aromatic carbocycles. The number of benzene rings is 1. The monoisotopic (exact) mass is 292 g/mol. The van der Waals surface area contributed by atoms with Gasteiger partial charge in [-0.05, 0) is 36.1 Å². The van der Waals surface area contributed by atoms with E-state index in [-0.39, 0.29) is 6.10 Å². The van der Waals surface area contributed by atoms with Crippen LogP contribution in [0.3, 0.4) is 0 Å². The molecule has 0 saturated carbocycles. The van der Waals surface area contributed by atoms with Gasteiger partial charge in [-0.25, -0.2) is 0 Å². The Bertz CT molecular complexity index is 406. The molecule has 0 saturated heterocycles. The van der Waals surface area contributed by atoms with Gasteiger partial charge in [-0.3, -0.25) is 0 Å². The normalized spacial score (nSPS) is 16.2. The van der Waals surface area contributed by atoms with Crippen molar-refractivity contribution in [3.63, 3.8) is 0 Å². The van der Waals surface area contributed by atoms with Crippen molar-refractivity contribution in [3.8, 4) is 0 Å². The molecule has 0 fully saturated rings. The smallest absolute Gasteiger partial charge is 0.168 e. The van der Waals surface area contributed by atoms with Crippen molar-refractivity contribution in [2.75, 3.05) is 7.11 Å². The fraction of sp³-hybridized carbons (Fsp3) is 0.529. The van der Waals surface area contributed by atoms with Crippen LogP contribution >= 0.6 is 0 Å². The number of hydrogen-bond acceptors (Lipinski definition) is 2. The van der Waals surface area contributed by atoms with Gasteiger partial charge in [0, 0.05) is 7.11 Å². The maximum atomic E-state index is 6.28. The summed E-state index contributed by atoms with van der Waals surface area (Å²) in [6.45, 7) is 10.4. The molecule has 0 bridgehead atoms.